The maximum atomic E-state index is 12.6. The molecule has 2 saturated heterocycles. The first-order valence-electron chi connectivity index (χ1n) is 8.84. The Morgan fingerprint density at radius 2 is 1.85 bits per heavy atom. The van der Waals surface area contributed by atoms with Gasteiger partial charge in [-0.1, -0.05) is 30.3 Å². The lowest BCUT2D eigenvalue weighted by Gasteiger charge is -2.40. The molecule has 2 N–H and O–H groups in total. The van der Waals surface area contributed by atoms with Gasteiger partial charge in [0.15, 0.2) is 4.08 Å². The number of hydrogen-bond donors (Lipinski definition) is 1. The number of hydrogen-bond acceptors (Lipinski definition) is 7. The molecule has 1 amide bonds. The second-order valence-electron chi connectivity index (χ2n) is 7.52. The summed E-state index contributed by atoms with van der Waals surface area (Å²) in [5.74, 6) is -1.80. The molecule has 0 saturated carbocycles. The third-order valence-electron chi connectivity index (χ3n) is 4.29. The number of nitrogens with two attached hydrogens (primary N) is 1. The molecule has 0 radical (unpaired) electrons. The van der Waals surface area contributed by atoms with Crippen molar-refractivity contribution in [2.75, 3.05) is 19.0 Å². The number of esters is 1. The quantitative estimate of drug-likeness (QED) is 0.745. The number of carbonyl (C=O) groups is 2. The van der Waals surface area contributed by atoms with Crippen LogP contribution >= 0.6 is 23.5 Å². The van der Waals surface area contributed by atoms with Crippen LogP contribution in [0.2, 0.25) is 0 Å². The average molecular weight is 412 g/mol. The largest absolute Gasteiger partial charge is 0.460 e. The lowest BCUT2D eigenvalue weighted by Crippen LogP contribution is -2.58. The van der Waals surface area contributed by atoms with E-state index in [1.54, 1.807) is 20.8 Å². The third-order valence-corrected chi connectivity index (χ3v) is 8.13. The summed E-state index contributed by atoms with van der Waals surface area (Å²) in [6.45, 7) is 5.98. The maximum absolute atomic E-state index is 12.6. The Kier molecular flexibility index (Phi) is 5.82. The van der Waals surface area contributed by atoms with Gasteiger partial charge in [-0.2, -0.15) is 0 Å². The number of primary amides is 1. The van der Waals surface area contributed by atoms with Gasteiger partial charge in [0.25, 0.3) is 0 Å². The molecule has 0 aliphatic carbocycles. The minimum Gasteiger partial charge on any atom is -0.460 e. The van der Waals surface area contributed by atoms with Crippen LogP contribution in [0, 0.1) is 0 Å². The smallest absolute Gasteiger partial charge is 0.311 e. The van der Waals surface area contributed by atoms with E-state index in [9.17, 15) is 9.59 Å². The fourth-order valence-electron chi connectivity index (χ4n) is 3.24. The number of carbonyl (C=O) groups excluding carboxylic acids is 2. The van der Waals surface area contributed by atoms with E-state index in [0.717, 1.165) is 5.56 Å². The minimum atomic E-state index is -1.43. The highest BCUT2D eigenvalue weighted by Gasteiger charge is 2.65. The molecule has 1 aromatic carbocycles. The molecule has 1 unspecified atom stereocenters. The lowest BCUT2D eigenvalue weighted by atomic mass is 10.1. The zero-order valence-corrected chi connectivity index (χ0v) is 17.4. The molecule has 0 aromatic heterocycles. The van der Waals surface area contributed by atoms with Crippen LogP contribution in [0.3, 0.4) is 0 Å². The van der Waals surface area contributed by atoms with Crippen molar-refractivity contribution < 1.29 is 23.8 Å². The van der Waals surface area contributed by atoms with Crippen molar-refractivity contribution in [2.24, 2.45) is 5.73 Å². The van der Waals surface area contributed by atoms with Gasteiger partial charge >= 0.3 is 5.97 Å². The summed E-state index contributed by atoms with van der Waals surface area (Å²) >= 11 is 2.79. The van der Waals surface area contributed by atoms with Crippen molar-refractivity contribution in [3.63, 3.8) is 0 Å². The van der Waals surface area contributed by atoms with Gasteiger partial charge in [-0.3, -0.25) is 9.59 Å². The number of amides is 1. The molecule has 2 fully saturated rings. The van der Waals surface area contributed by atoms with Crippen molar-refractivity contribution >= 4 is 35.4 Å². The molecule has 27 heavy (non-hydrogen) atoms. The van der Waals surface area contributed by atoms with Crippen molar-refractivity contribution in [3.05, 3.63) is 35.9 Å². The van der Waals surface area contributed by atoms with Crippen LogP contribution in [0.1, 0.15) is 38.0 Å². The van der Waals surface area contributed by atoms with Crippen molar-refractivity contribution in [1.29, 1.82) is 0 Å². The van der Waals surface area contributed by atoms with Gasteiger partial charge in [-0.15, -0.1) is 23.5 Å². The van der Waals surface area contributed by atoms with Crippen LogP contribution in [0.25, 0.3) is 0 Å². The molecule has 2 atom stereocenters. The Labute approximate surface area is 167 Å². The normalized spacial score (nSPS) is 27.4. The Hall–Kier alpha value is -1.22. The first-order valence-corrected chi connectivity index (χ1v) is 10.7. The molecule has 0 bridgehead atoms. The molecule has 148 valence electrons. The van der Waals surface area contributed by atoms with Crippen LogP contribution < -0.4 is 5.73 Å². The monoisotopic (exact) mass is 411 g/mol. The highest BCUT2D eigenvalue weighted by atomic mass is 32.2. The van der Waals surface area contributed by atoms with Gasteiger partial charge in [0, 0.05) is 11.0 Å². The van der Waals surface area contributed by atoms with Crippen LogP contribution in [0.5, 0.6) is 0 Å². The summed E-state index contributed by atoms with van der Waals surface area (Å²) in [7, 11) is 0. The molecule has 2 aliphatic rings. The van der Waals surface area contributed by atoms with E-state index < -0.39 is 27.3 Å². The second kappa shape index (κ2) is 7.66. The molecule has 2 heterocycles. The zero-order chi connectivity index (χ0) is 19.7. The highest BCUT2D eigenvalue weighted by Crippen LogP contribution is 2.62. The van der Waals surface area contributed by atoms with Gasteiger partial charge in [0.1, 0.15) is 12.0 Å². The molecule has 1 aromatic rings. The number of thioether (sulfide) groups is 2. The predicted octanol–water partition coefficient (Wildman–Crippen LogP) is 2.86. The van der Waals surface area contributed by atoms with Crippen LogP contribution in [-0.2, 0) is 23.8 Å². The Bertz CT molecular complexity index is 700. The molecule has 0 spiro atoms. The number of ether oxygens (including phenoxy) is 3. The van der Waals surface area contributed by atoms with Crippen molar-refractivity contribution in [2.45, 2.75) is 47.9 Å². The Morgan fingerprint density at radius 1 is 1.22 bits per heavy atom. The Morgan fingerprint density at radius 3 is 2.41 bits per heavy atom. The summed E-state index contributed by atoms with van der Waals surface area (Å²) in [5, 5.41) is 0.0482. The van der Waals surface area contributed by atoms with E-state index >= 15 is 0 Å². The van der Waals surface area contributed by atoms with Gasteiger partial charge in [0.05, 0.1) is 13.2 Å². The first kappa shape index (κ1) is 20.5. The molecule has 6 nitrogen and oxygen atoms in total. The number of rotatable bonds is 5. The van der Waals surface area contributed by atoms with E-state index in [4.69, 9.17) is 19.9 Å². The summed E-state index contributed by atoms with van der Waals surface area (Å²) in [6.07, 6.45) is -0.186. The maximum Gasteiger partial charge on any atom is 0.311 e. The van der Waals surface area contributed by atoms with Crippen LogP contribution in [0.4, 0.5) is 0 Å². The van der Waals surface area contributed by atoms with Gasteiger partial charge in [-0.05, 0) is 26.3 Å². The van der Waals surface area contributed by atoms with Crippen molar-refractivity contribution in [3.8, 4) is 0 Å². The standard InChI is InChI=1S/C19H25NO5S2/c1-17(2,3)25-15(21)11-18(23-9-10-24-18)19(16(20)22)26-12-14(27-19)13-7-5-4-6-8-13/h4-8,14H,9-12H2,1-3H3,(H2,20,22)/t14?,19-/m0/s1. The molecule has 8 heteroatoms. The fraction of sp³-hybridized carbons (Fsp3) is 0.579. The van der Waals surface area contributed by atoms with E-state index in [-0.39, 0.29) is 11.7 Å². The van der Waals surface area contributed by atoms with Gasteiger partial charge in [-0.25, -0.2) is 0 Å². The highest BCUT2D eigenvalue weighted by molar-refractivity contribution is 8.22. The van der Waals surface area contributed by atoms with E-state index in [1.165, 1.54) is 23.5 Å². The fourth-order valence-corrected chi connectivity index (χ4v) is 6.85. The Balaban J connectivity index is 1.89. The topological polar surface area (TPSA) is 87.9 Å². The number of benzene rings is 1. The van der Waals surface area contributed by atoms with Crippen LogP contribution in [-0.4, -0.2) is 46.3 Å². The van der Waals surface area contributed by atoms with Crippen molar-refractivity contribution in [1.82, 2.24) is 0 Å². The summed E-state index contributed by atoms with van der Waals surface area (Å²) in [6, 6.07) is 9.91. The van der Waals surface area contributed by atoms with E-state index in [0.29, 0.717) is 19.0 Å². The molecule has 3 rings (SSSR count). The molecular formula is C19H25NO5S2. The van der Waals surface area contributed by atoms with Crippen LogP contribution in [0.15, 0.2) is 30.3 Å². The van der Waals surface area contributed by atoms with E-state index in [2.05, 4.69) is 0 Å². The molecule has 2 aliphatic heterocycles. The average Bonchev–Trinajstić information content (AvgIpc) is 3.22. The zero-order valence-electron chi connectivity index (χ0n) is 15.7. The van der Waals surface area contributed by atoms with Gasteiger partial charge < -0.3 is 19.9 Å². The lowest BCUT2D eigenvalue weighted by molar-refractivity contribution is -0.192. The summed E-state index contributed by atoms with van der Waals surface area (Å²) < 4.78 is 16.0. The first-order chi connectivity index (χ1) is 12.7. The summed E-state index contributed by atoms with van der Waals surface area (Å²) in [5.41, 5.74) is 6.31. The summed E-state index contributed by atoms with van der Waals surface area (Å²) in [4.78, 5) is 25.2. The minimum absolute atomic E-state index is 0.0482. The SMILES string of the molecule is CC(C)(C)OC(=O)CC1([C@@]2(C(N)=O)SCC(c3ccccc3)S2)OCCO1. The second-order valence-corrected chi connectivity index (χ2v) is 10.4. The third kappa shape index (κ3) is 4.13. The predicted molar refractivity (Wildman–Crippen MR) is 106 cm³/mol. The van der Waals surface area contributed by atoms with Gasteiger partial charge in [0.2, 0.25) is 11.7 Å². The van der Waals surface area contributed by atoms with E-state index in [1.807, 2.05) is 30.3 Å². The molecular weight excluding hydrogens is 386 g/mol.